The number of H-pyrrole nitrogens is 1. The fourth-order valence-electron chi connectivity index (χ4n) is 6.42. The Morgan fingerprint density at radius 3 is 2.57 bits per heavy atom. The van der Waals surface area contributed by atoms with Crippen molar-refractivity contribution in [1.82, 2.24) is 20.5 Å². The lowest BCUT2D eigenvalue weighted by molar-refractivity contribution is -0.156. The van der Waals surface area contributed by atoms with Crippen LogP contribution in [-0.4, -0.2) is 71.1 Å². The first kappa shape index (κ1) is 30.4. The fourth-order valence-corrected chi connectivity index (χ4v) is 6.96. The lowest BCUT2D eigenvalue weighted by Gasteiger charge is -2.29. The van der Waals surface area contributed by atoms with E-state index in [9.17, 15) is 24.0 Å². The van der Waals surface area contributed by atoms with Crippen molar-refractivity contribution in [2.45, 2.75) is 65.0 Å². The zero-order valence-electron chi connectivity index (χ0n) is 23.9. The number of Topliss-reactive ketones (excluding diaryl/α,β-unsaturated/α-hetero) is 1. The highest BCUT2D eigenvalue weighted by Gasteiger charge is 2.50. The molecule has 1 aromatic heterocycles. The van der Waals surface area contributed by atoms with Crippen LogP contribution in [0.3, 0.4) is 0 Å². The zero-order valence-corrected chi connectivity index (χ0v) is 25.4. The minimum atomic E-state index is -1.05. The Morgan fingerprint density at radius 1 is 1.12 bits per heavy atom. The van der Waals surface area contributed by atoms with Gasteiger partial charge >= 0.3 is 5.97 Å². The van der Waals surface area contributed by atoms with E-state index < -0.39 is 47.7 Å². The van der Waals surface area contributed by atoms with Crippen LogP contribution in [0.5, 0.6) is 0 Å². The van der Waals surface area contributed by atoms with E-state index in [4.69, 9.17) is 27.9 Å². The highest BCUT2D eigenvalue weighted by molar-refractivity contribution is 6.38. The monoisotopic (exact) mass is 618 g/mol. The van der Waals surface area contributed by atoms with Gasteiger partial charge in [0, 0.05) is 34.9 Å². The number of hydrogen-bond donors (Lipinski definition) is 3. The van der Waals surface area contributed by atoms with E-state index in [1.165, 1.54) is 0 Å². The van der Waals surface area contributed by atoms with Crippen LogP contribution >= 0.6 is 23.2 Å². The second-order valence-corrected chi connectivity index (χ2v) is 13.5. The van der Waals surface area contributed by atoms with E-state index in [0.717, 1.165) is 19.3 Å². The molecule has 12 heteroatoms. The second kappa shape index (κ2) is 11.9. The molecule has 3 amide bonds. The molecule has 1 aliphatic carbocycles. The number of hydrogen-bond acceptors (Lipinski definition) is 6. The normalized spacial score (nSPS) is 24.4. The van der Waals surface area contributed by atoms with E-state index in [-0.39, 0.29) is 35.8 Å². The molecule has 10 nitrogen and oxygen atoms in total. The summed E-state index contributed by atoms with van der Waals surface area (Å²) in [6, 6.07) is 3.11. The first-order valence-corrected chi connectivity index (χ1v) is 15.2. The van der Waals surface area contributed by atoms with Crippen LogP contribution in [0.1, 0.15) is 63.4 Å². The maximum Gasteiger partial charge on any atom is 0.311 e. The molecule has 226 valence electrons. The molecule has 0 bridgehead atoms. The Labute approximate surface area is 254 Å². The Bertz CT molecular complexity index is 1430. The standard InChI is InChI=1S/C30H36Cl2N4O6/c1-30(2,3)29(41)42-14-24(37)22(9-15-7-8-33-26(15)38)35-27(39)25-18-6-4-5-16(18)13-36(25)28(40)23-12-19-20(32)10-17(31)11-21(19)34-23/h10-12,15-16,18,22,25,34H,4-9,13-14H2,1-3H3,(H,33,38)(H,35,39). The van der Waals surface area contributed by atoms with E-state index in [0.29, 0.717) is 40.5 Å². The van der Waals surface area contributed by atoms with Crippen LogP contribution in [0, 0.1) is 23.2 Å². The maximum absolute atomic E-state index is 14.0. The first-order valence-electron chi connectivity index (χ1n) is 14.4. The number of nitrogens with zero attached hydrogens (tertiary/aromatic N) is 1. The molecule has 1 saturated carbocycles. The molecule has 2 aliphatic heterocycles. The smallest absolute Gasteiger partial charge is 0.311 e. The number of ketones is 1. The summed E-state index contributed by atoms with van der Waals surface area (Å²) in [7, 11) is 0. The molecular weight excluding hydrogens is 583 g/mol. The summed E-state index contributed by atoms with van der Waals surface area (Å²) in [6.07, 6.45) is 3.26. The maximum atomic E-state index is 14.0. The third kappa shape index (κ3) is 6.15. The quantitative estimate of drug-likeness (QED) is 0.384. The van der Waals surface area contributed by atoms with E-state index >= 15 is 0 Å². The van der Waals surface area contributed by atoms with Crippen molar-refractivity contribution in [3.8, 4) is 0 Å². The highest BCUT2D eigenvalue weighted by Crippen LogP contribution is 2.43. The Kier molecular flexibility index (Phi) is 8.58. The van der Waals surface area contributed by atoms with Gasteiger partial charge in [0.2, 0.25) is 11.8 Å². The summed E-state index contributed by atoms with van der Waals surface area (Å²) in [5.74, 6) is -2.36. The average Bonchev–Trinajstić information content (AvgIpc) is 3.69. The minimum absolute atomic E-state index is 0.0550. The zero-order chi connectivity index (χ0) is 30.3. The van der Waals surface area contributed by atoms with Crippen LogP contribution in [-0.2, 0) is 23.9 Å². The largest absolute Gasteiger partial charge is 0.457 e. The van der Waals surface area contributed by atoms with Gasteiger partial charge in [-0.2, -0.15) is 0 Å². The van der Waals surface area contributed by atoms with Crippen LogP contribution in [0.25, 0.3) is 10.9 Å². The summed E-state index contributed by atoms with van der Waals surface area (Å²) < 4.78 is 5.25. The number of nitrogens with one attached hydrogen (secondary N) is 3. The molecule has 42 heavy (non-hydrogen) atoms. The van der Waals surface area contributed by atoms with Gasteiger partial charge in [-0.25, -0.2) is 0 Å². The molecule has 3 aliphatic rings. The first-order chi connectivity index (χ1) is 19.8. The predicted octanol–water partition coefficient (Wildman–Crippen LogP) is 3.88. The number of amides is 3. The molecule has 3 N–H and O–H groups in total. The van der Waals surface area contributed by atoms with Gasteiger partial charge in [0.1, 0.15) is 11.7 Å². The van der Waals surface area contributed by atoms with E-state index in [1.807, 2.05) is 0 Å². The molecule has 0 radical (unpaired) electrons. The van der Waals surface area contributed by atoms with Crippen molar-refractivity contribution in [3.63, 3.8) is 0 Å². The van der Waals surface area contributed by atoms with Gasteiger partial charge in [-0.05, 0) is 76.5 Å². The Balaban J connectivity index is 1.38. The van der Waals surface area contributed by atoms with Gasteiger partial charge in [0.15, 0.2) is 12.4 Å². The molecule has 1 aromatic carbocycles. The van der Waals surface area contributed by atoms with Crippen LogP contribution < -0.4 is 10.6 Å². The molecule has 2 aromatic rings. The number of aromatic amines is 1. The number of carbonyl (C=O) groups excluding carboxylic acids is 5. The molecule has 2 saturated heterocycles. The van der Waals surface area contributed by atoms with Crippen molar-refractivity contribution in [2.75, 3.05) is 19.7 Å². The molecule has 3 fully saturated rings. The van der Waals surface area contributed by atoms with Gasteiger partial charge in [-0.15, -0.1) is 0 Å². The molecule has 5 atom stereocenters. The van der Waals surface area contributed by atoms with Crippen LogP contribution in [0.2, 0.25) is 10.0 Å². The number of likely N-dealkylation sites (tertiary alicyclic amines) is 1. The summed E-state index contributed by atoms with van der Waals surface area (Å²) in [6.45, 7) is 5.43. The highest BCUT2D eigenvalue weighted by atomic mass is 35.5. The molecule has 5 unspecified atom stereocenters. The number of ether oxygens (including phenoxy) is 1. The number of aromatic nitrogens is 1. The van der Waals surface area contributed by atoms with E-state index in [1.54, 1.807) is 43.9 Å². The van der Waals surface area contributed by atoms with Gasteiger partial charge in [-0.1, -0.05) is 29.6 Å². The van der Waals surface area contributed by atoms with Gasteiger partial charge < -0.3 is 25.3 Å². The minimum Gasteiger partial charge on any atom is -0.457 e. The summed E-state index contributed by atoms with van der Waals surface area (Å²) in [4.78, 5) is 70.4. The van der Waals surface area contributed by atoms with Gasteiger partial charge in [0.05, 0.1) is 16.5 Å². The lowest BCUT2D eigenvalue weighted by atomic mass is 9.92. The molecule has 0 spiro atoms. The summed E-state index contributed by atoms with van der Waals surface area (Å²) >= 11 is 12.5. The second-order valence-electron chi connectivity index (χ2n) is 12.7. The molecule has 3 heterocycles. The third-order valence-corrected chi connectivity index (χ3v) is 9.18. The van der Waals surface area contributed by atoms with Crippen molar-refractivity contribution < 1.29 is 28.7 Å². The molecular formula is C30H36Cl2N4O6. The average molecular weight is 620 g/mol. The van der Waals surface area contributed by atoms with Gasteiger partial charge in [-0.3, -0.25) is 24.0 Å². The van der Waals surface area contributed by atoms with Crippen molar-refractivity contribution in [2.24, 2.45) is 23.2 Å². The lowest BCUT2D eigenvalue weighted by Crippen LogP contribution is -2.54. The van der Waals surface area contributed by atoms with E-state index in [2.05, 4.69) is 15.6 Å². The van der Waals surface area contributed by atoms with Crippen molar-refractivity contribution in [1.29, 1.82) is 0 Å². The third-order valence-electron chi connectivity index (χ3n) is 8.65. The van der Waals surface area contributed by atoms with Gasteiger partial charge in [0.25, 0.3) is 5.91 Å². The number of fused-ring (bicyclic) bond motifs is 2. The number of rotatable bonds is 8. The van der Waals surface area contributed by atoms with Crippen LogP contribution in [0.15, 0.2) is 18.2 Å². The van der Waals surface area contributed by atoms with Crippen molar-refractivity contribution >= 4 is 63.6 Å². The summed E-state index contributed by atoms with van der Waals surface area (Å²) in [5.41, 5.74) is 0.0999. The molecule has 5 rings (SSSR count). The Morgan fingerprint density at radius 2 is 1.88 bits per heavy atom. The predicted molar refractivity (Wildman–Crippen MR) is 157 cm³/mol. The summed E-state index contributed by atoms with van der Waals surface area (Å²) in [5, 5.41) is 7.10. The number of halogens is 2. The topological polar surface area (TPSA) is 138 Å². The fraction of sp³-hybridized carbons (Fsp3) is 0.567. The number of esters is 1. The van der Waals surface area contributed by atoms with Crippen molar-refractivity contribution in [3.05, 3.63) is 33.9 Å². The number of benzene rings is 1. The number of carbonyl (C=O) groups is 5. The Hall–Kier alpha value is -3.11. The SMILES string of the molecule is CC(C)(C)C(=O)OCC(=O)C(CC1CCNC1=O)NC(=O)C1C2CCCC2CN1C(=O)c1cc2c(Cl)cc(Cl)cc2[nH]1. The van der Waals surface area contributed by atoms with Crippen LogP contribution in [0.4, 0.5) is 0 Å².